The van der Waals surface area contributed by atoms with E-state index in [2.05, 4.69) is 20.9 Å². The molecule has 1 fully saturated rings. The minimum absolute atomic E-state index is 0.000575. The molecule has 12 heteroatoms. The van der Waals surface area contributed by atoms with Crippen molar-refractivity contribution in [1.29, 1.82) is 0 Å². The van der Waals surface area contributed by atoms with Crippen LogP contribution in [0.3, 0.4) is 0 Å². The fourth-order valence-corrected chi connectivity index (χ4v) is 3.71. The lowest BCUT2D eigenvalue weighted by atomic mass is 9.98. The van der Waals surface area contributed by atoms with Gasteiger partial charge in [0.2, 0.25) is 5.91 Å². The number of nitrogens with one attached hydrogen (secondary N) is 3. The second-order valence-corrected chi connectivity index (χ2v) is 8.84. The van der Waals surface area contributed by atoms with Crippen LogP contribution in [0.2, 0.25) is 0 Å². The van der Waals surface area contributed by atoms with Crippen LogP contribution in [-0.4, -0.2) is 68.9 Å². The molecule has 0 saturated carbocycles. The van der Waals surface area contributed by atoms with Gasteiger partial charge >= 0.3 is 15.5 Å². The number of hydrogen-bond acceptors (Lipinski definition) is 4. The van der Waals surface area contributed by atoms with Gasteiger partial charge < -0.3 is 16.0 Å². The van der Waals surface area contributed by atoms with E-state index in [1.165, 1.54) is 0 Å². The molecule has 0 radical (unpaired) electrons. The number of alkyl halides is 3. The molecule has 0 spiro atoms. The van der Waals surface area contributed by atoms with Crippen LogP contribution in [-0.2, 0) is 14.8 Å². The lowest BCUT2D eigenvalue weighted by Gasteiger charge is -2.30. The molecule has 1 aliphatic rings. The monoisotopic (exact) mass is 429 g/mol. The Hall–Kier alpha value is -1.56. The normalized spacial score (nSPS) is 17.6. The van der Waals surface area contributed by atoms with Gasteiger partial charge in [-0.1, -0.05) is 0 Å². The number of hydrogen-bond donors (Lipinski definition) is 3. The summed E-state index contributed by atoms with van der Waals surface area (Å²) in [5.74, 6) is 0.446. The van der Waals surface area contributed by atoms with E-state index >= 15 is 0 Å². The van der Waals surface area contributed by atoms with Crippen molar-refractivity contribution < 1.29 is 26.4 Å². The highest BCUT2D eigenvalue weighted by Crippen LogP contribution is 2.30. The van der Waals surface area contributed by atoms with Gasteiger partial charge in [-0.05, 0) is 39.5 Å². The van der Waals surface area contributed by atoms with Crippen LogP contribution in [0.1, 0.15) is 40.0 Å². The van der Waals surface area contributed by atoms with Crippen molar-refractivity contribution in [3.05, 3.63) is 0 Å². The molecule has 1 heterocycles. The number of guanidine groups is 1. The van der Waals surface area contributed by atoms with Crippen LogP contribution >= 0.6 is 0 Å². The van der Waals surface area contributed by atoms with Crippen LogP contribution < -0.4 is 16.0 Å². The first-order valence-electron chi connectivity index (χ1n) is 9.35. The number of nitrogens with zero attached hydrogens (tertiary/aromatic N) is 2. The Kier molecular flexibility index (Phi) is 9.48. The van der Waals surface area contributed by atoms with Crippen LogP contribution in [0.25, 0.3) is 0 Å². The maximum Gasteiger partial charge on any atom is 0.511 e. The van der Waals surface area contributed by atoms with Crippen LogP contribution in [0.4, 0.5) is 13.2 Å². The van der Waals surface area contributed by atoms with Crippen LogP contribution in [0, 0.1) is 5.92 Å². The highest BCUT2D eigenvalue weighted by molar-refractivity contribution is 7.90. The lowest BCUT2D eigenvalue weighted by molar-refractivity contribution is -0.121. The molecular weight excluding hydrogens is 399 g/mol. The molecule has 1 rings (SSSR count). The number of amides is 1. The van der Waals surface area contributed by atoms with Gasteiger partial charge in [0.15, 0.2) is 5.96 Å². The maximum atomic E-state index is 12.6. The molecule has 0 aliphatic carbocycles. The maximum absolute atomic E-state index is 12.6. The molecule has 0 aromatic heterocycles. The molecule has 3 N–H and O–H groups in total. The van der Waals surface area contributed by atoms with E-state index in [1.807, 2.05) is 20.8 Å². The molecule has 0 aromatic carbocycles. The van der Waals surface area contributed by atoms with E-state index in [0.717, 1.165) is 0 Å². The highest BCUT2D eigenvalue weighted by Gasteiger charge is 2.50. The molecule has 164 valence electrons. The van der Waals surface area contributed by atoms with Crippen LogP contribution in [0.5, 0.6) is 0 Å². The third kappa shape index (κ3) is 7.82. The summed E-state index contributed by atoms with van der Waals surface area (Å²) in [5.41, 5.74) is -5.26. The fraction of sp³-hybridized carbons (Fsp3) is 0.875. The van der Waals surface area contributed by atoms with Crippen molar-refractivity contribution in [1.82, 2.24) is 20.3 Å². The molecule has 0 aromatic rings. The number of rotatable bonds is 8. The number of halogens is 3. The van der Waals surface area contributed by atoms with Gasteiger partial charge in [-0.25, -0.2) is 8.42 Å². The molecule has 1 aliphatic heterocycles. The van der Waals surface area contributed by atoms with E-state index in [-0.39, 0.29) is 37.4 Å². The summed E-state index contributed by atoms with van der Waals surface area (Å²) < 4.78 is 61.1. The Balaban J connectivity index is 2.48. The Morgan fingerprint density at radius 1 is 1.21 bits per heavy atom. The van der Waals surface area contributed by atoms with E-state index < -0.39 is 15.5 Å². The molecular formula is C16H30F3N5O3S. The fourth-order valence-electron chi connectivity index (χ4n) is 2.73. The first-order valence-corrected chi connectivity index (χ1v) is 10.8. The minimum atomic E-state index is -5.26. The number of aliphatic imine (C=N–C) groups is 1. The molecule has 1 amide bonds. The first kappa shape index (κ1) is 24.5. The number of carbonyl (C=O) groups is 1. The van der Waals surface area contributed by atoms with Gasteiger partial charge in [-0.2, -0.15) is 17.5 Å². The van der Waals surface area contributed by atoms with E-state index in [4.69, 9.17) is 0 Å². The molecule has 8 nitrogen and oxygen atoms in total. The first-order chi connectivity index (χ1) is 13.0. The van der Waals surface area contributed by atoms with Gasteiger partial charge in [-0.15, -0.1) is 0 Å². The van der Waals surface area contributed by atoms with Gasteiger partial charge in [0.05, 0.1) is 0 Å². The summed E-state index contributed by atoms with van der Waals surface area (Å²) in [6.45, 7) is 6.70. The number of sulfonamides is 1. The van der Waals surface area contributed by atoms with Crippen molar-refractivity contribution in [3.8, 4) is 0 Å². The van der Waals surface area contributed by atoms with Crippen molar-refractivity contribution in [2.24, 2.45) is 10.9 Å². The predicted molar refractivity (Wildman–Crippen MR) is 101 cm³/mol. The average molecular weight is 430 g/mol. The second-order valence-electron chi connectivity index (χ2n) is 6.91. The minimum Gasteiger partial charge on any atom is -0.357 e. The SMILES string of the molecule is CCNC(=NCC1CCN(S(=O)(=O)C(F)(F)F)CC1)NCCC(=O)NC(C)C. The smallest absolute Gasteiger partial charge is 0.357 e. The summed E-state index contributed by atoms with van der Waals surface area (Å²) in [7, 11) is -5.26. The van der Waals surface area contributed by atoms with Gasteiger partial charge in [-0.3, -0.25) is 9.79 Å². The number of piperidine rings is 1. The summed E-state index contributed by atoms with van der Waals surface area (Å²) >= 11 is 0. The molecule has 0 unspecified atom stereocenters. The third-order valence-corrected chi connectivity index (χ3v) is 5.78. The lowest BCUT2D eigenvalue weighted by Crippen LogP contribution is -2.45. The summed E-state index contributed by atoms with van der Waals surface area (Å²) in [4.78, 5) is 16.0. The van der Waals surface area contributed by atoms with Crippen molar-refractivity contribution in [2.45, 2.75) is 51.6 Å². The largest absolute Gasteiger partial charge is 0.511 e. The summed E-state index contributed by atoms with van der Waals surface area (Å²) in [5, 5.41) is 8.87. The van der Waals surface area contributed by atoms with Gasteiger partial charge in [0, 0.05) is 45.2 Å². The Morgan fingerprint density at radius 2 is 1.82 bits per heavy atom. The molecule has 28 heavy (non-hydrogen) atoms. The predicted octanol–water partition coefficient (Wildman–Crippen LogP) is 1.02. The number of carbonyl (C=O) groups excluding carboxylic acids is 1. The highest BCUT2D eigenvalue weighted by atomic mass is 32.2. The van der Waals surface area contributed by atoms with Crippen molar-refractivity contribution >= 4 is 21.9 Å². The van der Waals surface area contributed by atoms with Crippen molar-refractivity contribution in [3.63, 3.8) is 0 Å². The summed E-state index contributed by atoms with van der Waals surface area (Å²) in [6, 6.07) is 0.0708. The Bertz CT molecular complexity index is 630. The standard InChI is InChI=1S/C16H30F3N5O3S/c1-4-20-15(21-8-5-14(25)23-12(2)3)22-11-13-6-9-24(10-7-13)28(26,27)16(17,18)19/h12-13H,4-11H2,1-3H3,(H,23,25)(H2,20,21,22). The van der Waals surface area contributed by atoms with E-state index in [1.54, 1.807) is 0 Å². The second kappa shape index (κ2) is 10.8. The molecule has 0 atom stereocenters. The topological polar surface area (TPSA) is 103 Å². The molecule has 0 bridgehead atoms. The zero-order valence-corrected chi connectivity index (χ0v) is 17.3. The quantitative estimate of drug-likeness (QED) is 0.395. The third-order valence-electron chi connectivity index (χ3n) is 4.15. The van der Waals surface area contributed by atoms with Gasteiger partial charge in [0.25, 0.3) is 0 Å². The Morgan fingerprint density at radius 3 is 2.32 bits per heavy atom. The molecule has 1 saturated heterocycles. The average Bonchev–Trinajstić information content (AvgIpc) is 2.58. The van der Waals surface area contributed by atoms with Gasteiger partial charge in [0.1, 0.15) is 0 Å². The Labute approximate surface area is 164 Å². The van der Waals surface area contributed by atoms with E-state index in [0.29, 0.717) is 42.7 Å². The summed E-state index contributed by atoms with van der Waals surface area (Å²) in [6.07, 6.45) is 0.917. The zero-order chi connectivity index (χ0) is 21.4. The van der Waals surface area contributed by atoms with E-state index in [9.17, 15) is 26.4 Å². The zero-order valence-electron chi connectivity index (χ0n) is 16.5. The van der Waals surface area contributed by atoms with Crippen molar-refractivity contribution in [2.75, 3.05) is 32.7 Å². The van der Waals surface area contributed by atoms with Crippen LogP contribution in [0.15, 0.2) is 4.99 Å².